The first-order chi connectivity index (χ1) is 10.0. The first kappa shape index (κ1) is 18.1. The van der Waals surface area contributed by atoms with E-state index in [0.717, 1.165) is 0 Å². The van der Waals surface area contributed by atoms with Crippen LogP contribution in [-0.2, 0) is 9.47 Å². The Kier molecular flexibility index (Phi) is 4.65. The van der Waals surface area contributed by atoms with Crippen molar-refractivity contribution in [1.82, 2.24) is 0 Å². The smallest absolute Gasteiger partial charge is 0.164 e. The van der Waals surface area contributed by atoms with E-state index >= 15 is 0 Å². The molecule has 2 nitrogen and oxygen atoms in total. The monoisotopic (exact) mass is 306 g/mol. The fraction of sp³-hybridized carbons (Fsp3) is 0.895. The highest BCUT2D eigenvalue weighted by molar-refractivity contribution is 6.17. The highest BCUT2D eigenvalue weighted by Crippen LogP contribution is 2.62. The number of hydrogen-bond donors (Lipinski definition) is 0. The summed E-state index contributed by atoms with van der Waals surface area (Å²) in [6.07, 6.45) is 8.60. The van der Waals surface area contributed by atoms with Gasteiger partial charge in [0.2, 0.25) is 0 Å². The van der Waals surface area contributed by atoms with Gasteiger partial charge in [-0.2, -0.15) is 0 Å². The lowest BCUT2D eigenvalue weighted by molar-refractivity contribution is -0.390. The Morgan fingerprint density at radius 1 is 1.05 bits per heavy atom. The van der Waals surface area contributed by atoms with Gasteiger partial charge in [0, 0.05) is 5.92 Å². The third-order valence-electron chi connectivity index (χ3n) is 7.00. The molecule has 0 bridgehead atoms. The van der Waals surface area contributed by atoms with Crippen molar-refractivity contribution in [2.45, 2.75) is 96.0 Å². The van der Waals surface area contributed by atoms with Crippen LogP contribution in [0.4, 0.5) is 0 Å². The largest absolute Gasteiger partial charge is 0.344 e. The second-order valence-corrected chi connectivity index (χ2v) is 8.80. The summed E-state index contributed by atoms with van der Waals surface area (Å²) < 4.78 is 13.2. The van der Waals surface area contributed by atoms with Crippen LogP contribution in [0, 0.1) is 11.8 Å². The number of hydrogen-bond acceptors (Lipinski definition) is 2. The fourth-order valence-electron chi connectivity index (χ4n) is 4.92. The van der Waals surface area contributed by atoms with Crippen molar-refractivity contribution in [3.05, 3.63) is 12.7 Å². The second-order valence-electron chi connectivity index (χ2n) is 8.80. The minimum atomic E-state index is -0.562. The summed E-state index contributed by atoms with van der Waals surface area (Å²) in [7, 11) is 2.33. The number of rotatable bonds is 3. The first-order valence-electron chi connectivity index (χ1n) is 9.03. The minimum absolute atomic E-state index is 0.0921. The molecule has 2 fully saturated rings. The summed E-state index contributed by atoms with van der Waals surface area (Å²) in [5.41, 5.74) is -0.468. The van der Waals surface area contributed by atoms with Crippen molar-refractivity contribution in [3.63, 3.8) is 0 Å². The molecule has 4 atom stereocenters. The molecular weight excluding hydrogens is 271 g/mol. The molecule has 1 aliphatic carbocycles. The van der Waals surface area contributed by atoms with E-state index < -0.39 is 5.79 Å². The zero-order valence-corrected chi connectivity index (χ0v) is 15.8. The molecule has 3 unspecified atom stereocenters. The quantitative estimate of drug-likeness (QED) is 0.564. The van der Waals surface area contributed by atoms with Crippen LogP contribution in [-0.4, -0.2) is 24.8 Å². The van der Waals surface area contributed by atoms with Crippen molar-refractivity contribution in [3.8, 4) is 0 Å². The number of ether oxygens (including phenoxy) is 2. The van der Waals surface area contributed by atoms with Crippen molar-refractivity contribution >= 4 is 7.85 Å². The van der Waals surface area contributed by atoms with E-state index in [1.165, 1.54) is 32.1 Å². The predicted molar refractivity (Wildman–Crippen MR) is 95.9 cm³/mol. The van der Waals surface area contributed by atoms with Gasteiger partial charge in [-0.25, -0.2) is 0 Å². The molecule has 126 valence electrons. The van der Waals surface area contributed by atoms with Crippen LogP contribution in [0.3, 0.4) is 0 Å². The van der Waals surface area contributed by atoms with Gasteiger partial charge in [-0.3, -0.25) is 0 Å². The van der Waals surface area contributed by atoms with Gasteiger partial charge in [0.25, 0.3) is 0 Å². The molecule has 1 heterocycles. The maximum absolute atomic E-state index is 6.65. The van der Waals surface area contributed by atoms with Crippen LogP contribution >= 0.6 is 0 Å². The van der Waals surface area contributed by atoms with Crippen LogP contribution in [0.5, 0.6) is 0 Å². The molecule has 22 heavy (non-hydrogen) atoms. The fourth-order valence-corrected chi connectivity index (χ4v) is 4.92. The summed E-state index contributed by atoms with van der Waals surface area (Å²) in [4.78, 5) is 0. The van der Waals surface area contributed by atoms with Gasteiger partial charge >= 0.3 is 0 Å². The highest BCUT2D eigenvalue weighted by Gasteiger charge is 2.64. The van der Waals surface area contributed by atoms with Crippen molar-refractivity contribution in [2.24, 2.45) is 11.8 Å². The Morgan fingerprint density at radius 2 is 1.59 bits per heavy atom. The van der Waals surface area contributed by atoms with Crippen LogP contribution in [0.2, 0.25) is 5.31 Å². The summed E-state index contributed by atoms with van der Waals surface area (Å²) in [6, 6.07) is 0. The second kappa shape index (κ2) is 5.67. The summed E-state index contributed by atoms with van der Waals surface area (Å²) >= 11 is 0. The molecule has 2 aliphatic rings. The Balaban J connectivity index is 2.49. The van der Waals surface area contributed by atoms with E-state index in [1.54, 1.807) is 0 Å². The van der Waals surface area contributed by atoms with Gasteiger partial charge in [0.05, 0.1) is 11.2 Å². The van der Waals surface area contributed by atoms with Crippen molar-refractivity contribution in [2.75, 3.05) is 0 Å². The average molecular weight is 306 g/mol. The minimum Gasteiger partial charge on any atom is -0.344 e. The molecule has 1 saturated carbocycles. The third kappa shape index (κ3) is 2.58. The van der Waals surface area contributed by atoms with Gasteiger partial charge in [0.15, 0.2) is 5.79 Å². The molecular formula is C19H35BO2. The predicted octanol–water partition coefficient (Wildman–Crippen LogP) is 4.50. The molecule has 0 aromatic carbocycles. The van der Waals surface area contributed by atoms with Crippen molar-refractivity contribution < 1.29 is 9.47 Å². The zero-order valence-electron chi connectivity index (χ0n) is 15.8. The summed E-state index contributed by atoms with van der Waals surface area (Å²) in [5, 5.41) is -0.0921. The van der Waals surface area contributed by atoms with Gasteiger partial charge in [0.1, 0.15) is 7.85 Å². The van der Waals surface area contributed by atoms with Crippen LogP contribution < -0.4 is 0 Å². The molecule has 0 radical (unpaired) electrons. The van der Waals surface area contributed by atoms with Crippen LogP contribution in [0.15, 0.2) is 12.7 Å². The lowest BCUT2D eigenvalue weighted by Crippen LogP contribution is -2.69. The van der Waals surface area contributed by atoms with Gasteiger partial charge in [-0.1, -0.05) is 39.2 Å². The molecule has 2 rings (SSSR count). The Labute approximate surface area is 138 Å². The average Bonchev–Trinajstić information content (AvgIpc) is 2.44. The van der Waals surface area contributed by atoms with E-state index in [-0.39, 0.29) is 22.4 Å². The zero-order chi connectivity index (χ0) is 16.8. The van der Waals surface area contributed by atoms with E-state index in [9.17, 15) is 0 Å². The maximum Gasteiger partial charge on any atom is 0.164 e. The molecule has 0 aromatic rings. The highest BCUT2D eigenvalue weighted by atomic mass is 16.7. The standard InChI is InChI=1S/C19H35BO2/c1-8-14(2)17(5)19(7,20)18(6,22-16(3,4)21-17)15-12-10-9-11-13-15/h8,14-15H,1,9-13,20H2,2-7H3/t14-,17?,18?,19?/m0/s1. The Hall–Kier alpha value is -0.275. The van der Waals surface area contributed by atoms with E-state index in [0.29, 0.717) is 5.92 Å². The van der Waals surface area contributed by atoms with Crippen molar-refractivity contribution in [1.29, 1.82) is 0 Å². The molecule has 0 spiro atoms. The lowest BCUT2D eigenvalue weighted by Gasteiger charge is -2.66. The third-order valence-corrected chi connectivity index (χ3v) is 7.00. The first-order valence-corrected chi connectivity index (χ1v) is 9.03. The Bertz CT molecular complexity index is 425. The van der Waals surface area contributed by atoms with Crippen LogP contribution in [0.25, 0.3) is 0 Å². The van der Waals surface area contributed by atoms with Gasteiger partial charge < -0.3 is 9.47 Å². The molecule has 1 saturated heterocycles. The van der Waals surface area contributed by atoms with Gasteiger partial charge in [-0.05, 0) is 51.8 Å². The molecule has 0 N–H and O–H groups in total. The van der Waals surface area contributed by atoms with E-state index in [4.69, 9.17) is 9.47 Å². The molecule has 1 aliphatic heterocycles. The SMILES string of the molecule is BC1(C)C(C)(C2CCCCC2)OC(C)(C)OC1(C)[C@@H](C)C=C. The van der Waals surface area contributed by atoms with E-state index in [1.807, 2.05) is 6.08 Å². The molecule has 0 amide bonds. The topological polar surface area (TPSA) is 18.5 Å². The summed E-state index contributed by atoms with van der Waals surface area (Å²) in [5.74, 6) is 0.317. The summed E-state index contributed by atoms with van der Waals surface area (Å²) in [6.45, 7) is 17.3. The maximum atomic E-state index is 6.65. The van der Waals surface area contributed by atoms with Gasteiger partial charge in [-0.15, -0.1) is 6.58 Å². The Morgan fingerprint density at radius 3 is 2.09 bits per heavy atom. The molecule has 3 heteroatoms. The lowest BCUT2D eigenvalue weighted by atomic mass is 9.45. The van der Waals surface area contributed by atoms with E-state index in [2.05, 4.69) is 56.0 Å². The normalized spacial score (nSPS) is 44.5. The van der Waals surface area contributed by atoms with Crippen LogP contribution in [0.1, 0.15) is 73.6 Å². The molecule has 0 aromatic heterocycles.